The normalized spacial score (nSPS) is 15.0. The number of benzene rings is 2. The van der Waals surface area contributed by atoms with Gasteiger partial charge in [-0.25, -0.2) is 9.97 Å². The molecule has 0 saturated heterocycles. The number of aryl methyl sites for hydroxylation is 5. The second-order valence-corrected chi connectivity index (χ2v) is 17.7. The molecule has 0 spiro atoms. The van der Waals surface area contributed by atoms with Crippen molar-refractivity contribution < 1.29 is 38.9 Å². The van der Waals surface area contributed by atoms with Gasteiger partial charge in [0.1, 0.15) is 26.7 Å². The van der Waals surface area contributed by atoms with E-state index >= 15 is 0 Å². The van der Waals surface area contributed by atoms with E-state index in [9.17, 15) is 38.9 Å². The summed E-state index contributed by atoms with van der Waals surface area (Å²) in [7, 11) is -13.6. The summed E-state index contributed by atoms with van der Waals surface area (Å²) in [5.74, 6) is 0.613. The highest BCUT2D eigenvalue weighted by Gasteiger charge is 2.32. The minimum absolute atomic E-state index is 0.0342. The lowest BCUT2D eigenvalue weighted by molar-refractivity contribution is 0.473. The van der Waals surface area contributed by atoms with E-state index in [-0.39, 0.29) is 33.2 Å². The fourth-order valence-corrected chi connectivity index (χ4v) is 10.2. The Kier molecular flexibility index (Phi) is 9.37. The zero-order chi connectivity index (χ0) is 36.5. The first-order chi connectivity index (χ1) is 22.5. The van der Waals surface area contributed by atoms with E-state index in [4.69, 9.17) is 9.97 Å². The van der Waals surface area contributed by atoms with Crippen LogP contribution in [0.2, 0.25) is 0 Å². The van der Waals surface area contributed by atoms with Crippen LogP contribution in [0.4, 0.5) is 28.1 Å². The van der Waals surface area contributed by atoms with Crippen LogP contribution in [0.3, 0.4) is 0 Å². The number of pyridine rings is 1. The van der Waals surface area contributed by atoms with Gasteiger partial charge in [-0.1, -0.05) is 18.2 Å². The Labute approximate surface area is 290 Å². The number of hydrogen-bond acceptors (Lipinski definition) is 11. The van der Waals surface area contributed by atoms with Gasteiger partial charge in [-0.2, -0.15) is 25.3 Å². The van der Waals surface area contributed by atoms with Crippen molar-refractivity contribution in [3.63, 3.8) is 0 Å². The average Bonchev–Trinajstić information content (AvgIpc) is 3.36. The third kappa shape index (κ3) is 6.88. The lowest BCUT2D eigenvalue weighted by Crippen LogP contribution is -2.22. The van der Waals surface area contributed by atoms with Gasteiger partial charge in [0.15, 0.2) is 5.13 Å². The fraction of sp³-hybridized carbons (Fsp3) is 0.312. The Bertz CT molecular complexity index is 2420. The van der Waals surface area contributed by atoms with Gasteiger partial charge in [-0.3, -0.25) is 18.6 Å². The van der Waals surface area contributed by atoms with E-state index in [1.54, 1.807) is 64.6 Å². The van der Waals surface area contributed by atoms with Gasteiger partial charge < -0.3 is 5.32 Å². The van der Waals surface area contributed by atoms with Crippen molar-refractivity contribution in [3.05, 3.63) is 79.4 Å². The molecule has 0 radical (unpaired) electrons. The number of thiazole rings is 1. The number of rotatable bonds is 8. The molecule has 0 aliphatic heterocycles. The summed E-state index contributed by atoms with van der Waals surface area (Å²) in [5, 5.41) is 2.40. The van der Waals surface area contributed by atoms with Crippen molar-refractivity contribution in [2.75, 3.05) is 10.2 Å². The summed E-state index contributed by atoms with van der Waals surface area (Å²) in [5.41, 5.74) is 5.23. The van der Waals surface area contributed by atoms with Crippen LogP contribution < -0.4 is 10.2 Å². The molecule has 2 aromatic carbocycles. The summed E-state index contributed by atoms with van der Waals surface area (Å²) in [4.78, 5) is 11.4. The van der Waals surface area contributed by atoms with Crippen LogP contribution >= 0.6 is 11.3 Å². The molecule has 13 nitrogen and oxygen atoms in total. The van der Waals surface area contributed by atoms with E-state index < -0.39 is 35.6 Å². The monoisotopic (exact) mass is 748 g/mol. The lowest BCUT2D eigenvalue weighted by atomic mass is 10.0. The molecule has 17 heteroatoms. The van der Waals surface area contributed by atoms with Crippen molar-refractivity contribution in [2.45, 2.75) is 76.9 Å². The second-order valence-electron chi connectivity index (χ2n) is 12.3. The number of anilines is 5. The summed E-state index contributed by atoms with van der Waals surface area (Å²) in [6, 6.07) is 5.03. The molecule has 0 amide bonds. The van der Waals surface area contributed by atoms with Gasteiger partial charge in [0, 0.05) is 17.0 Å². The molecule has 49 heavy (non-hydrogen) atoms. The molecule has 4 N–H and O–H groups in total. The molecule has 2 heterocycles. The second kappa shape index (κ2) is 12.6. The van der Waals surface area contributed by atoms with Crippen molar-refractivity contribution >= 4 is 75.9 Å². The molecule has 1 aliphatic carbocycles. The highest BCUT2D eigenvalue weighted by Crippen LogP contribution is 2.45. The summed E-state index contributed by atoms with van der Waals surface area (Å²) >= 11 is 1.14. The van der Waals surface area contributed by atoms with E-state index in [0.717, 1.165) is 16.9 Å². The highest BCUT2D eigenvalue weighted by atomic mass is 32.2. The number of fused-ring (bicyclic) bond motifs is 1. The highest BCUT2D eigenvalue weighted by molar-refractivity contribution is 7.86. The van der Waals surface area contributed by atoms with Crippen LogP contribution in [0.5, 0.6) is 0 Å². The molecule has 1 unspecified atom stereocenters. The van der Waals surface area contributed by atoms with E-state index in [2.05, 4.69) is 5.32 Å². The minimum Gasteiger partial charge on any atom is -0.339 e. The third-order valence-corrected chi connectivity index (χ3v) is 13.1. The quantitative estimate of drug-likeness (QED) is 0.142. The standard InChI is InChI=1S/C32H36N4O9S4/c1-15-13-26(34-31(20(15)6)35-27-16(2)11-18(4)29(21(27)7)48(40,41)42)36(28-17(3)12-19(5)30(22(28)8)49(43,44)45)32-33-24-10-9-23(47(37,38)39)14-25(24)46-32/h9-13,23H,14H2,1-8H3,(H,34,35)(H,37,38,39)(H,40,41,42)(H,43,44,45). The lowest BCUT2D eigenvalue weighted by Gasteiger charge is -2.28. The molecular formula is C32H36N4O9S4. The van der Waals surface area contributed by atoms with Crippen molar-refractivity contribution in [2.24, 2.45) is 0 Å². The van der Waals surface area contributed by atoms with Gasteiger partial charge >= 0.3 is 0 Å². The van der Waals surface area contributed by atoms with Crippen LogP contribution in [-0.4, -0.2) is 54.1 Å². The summed E-state index contributed by atoms with van der Waals surface area (Å²) < 4.78 is 104. The molecule has 262 valence electrons. The van der Waals surface area contributed by atoms with Crippen LogP contribution in [0.25, 0.3) is 6.08 Å². The molecule has 2 aromatic heterocycles. The van der Waals surface area contributed by atoms with Gasteiger partial charge in [0.2, 0.25) is 0 Å². The predicted molar refractivity (Wildman–Crippen MR) is 190 cm³/mol. The van der Waals surface area contributed by atoms with Crippen LogP contribution in [0, 0.1) is 55.4 Å². The number of aromatic nitrogens is 2. The van der Waals surface area contributed by atoms with Crippen molar-refractivity contribution in [1.29, 1.82) is 0 Å². The number of nitrogens with zero attached hydrogens (tertiary/aromatic N) is 3. The Balaban J connectivity index is 1.79. The van der Waals surface area contributed by atoms with Gasteiger partial charge in [-0.05, 0) is 112 Å². The Morgan fingerprint density at radius 2 is 1.31 bits per heavy atom. The largest absolute Gasteiger partial charge is 0.339 e. The van der Waals surface area contributed by atoms with Crippen LogP contribution in [0.1, 0.15) is 55.1 Å². The molecule has 4 aromatic rings. The number of nitrogens with one attached hydrogen (secondary N) is 1. The van der Waals surface area contributed by atoms with E-state index in [1.807, 2.05) is 13.8 Å². The van der Waals surface area contributed by atoms with Crippen molar-refractivity contribution in [3.8, 4) is 0 Å². The van der Waals surface area contributed by atoms with Gasteiger partial charge in [0.25, 0.3) is 30.4 Å². The molecule has 1 atom stereocenters. The third-order valence-electron chi connectivity index (χ3n) is 8.64. The molecule has 1 aliphatic rings. The Morgan fingerprint density at radius 3 is 1.88 bits per heavy atom. The Morgan fingerprint density at radius 1 is 0.735 bits per heavy atom. The van der Waals surface area contributed by atoms with Crippen LogP contribution in [-0.2, 0) is 36.8 Å². The summed E-state index contributed by atoms with van der Waals surface area (Å²) in [6.45, 7) is 13.5. The van der Waals surface area contributed by atoms with E-state index in [1.165, 1.54) is 12.2 Å². The average molecular weight is 749 g/mol. The first-order valence-corrected chi connectivity index (χ1v) is 20.1. The maximum atomic E-state index is 12.6. The van der Waals surface area contributed by atoms with Crippen LogP contribution in [0.15, 0.2) is 34.1 Å². The maximum absolute atomic E-state index is 12.6. The van der Waals surface area contributed by atoms with Gasteiger partial charge in [0.05, 0.1) is 11.4 Å². The van der Waals surface area contributed by atoms with E-state index in [0.29, 0.717) is 60.7 Å². The maximum Gasteiger partial charge on any atom is 0.295 e. The minimum atomic E-state index is -4.67. The predicted octanol–water partition coefficient (Wildman–Crippen LogP) is 6.54. The fourth-order valence-electron chi connectivity index (χ4n) is 6.41. The number of hydrogen-bond donors (Lipinski definition) is 4. The smallest absolute Gasteiger partial charge is 0.295 e. The van der Waals surface area contributed by atoms with Crippen molar-refractivity contribution in [1.82, 2.24) is 9.97 Å². The first kappa shape index (κ1) is 36.6. The molecular weight excluding hydrogens is 713 g/mol. The molecule has 5 rings (SSSR count). The van der Waals surface area contributed by atoms with Gasteiger partial charge in [-0.15, -0.1) is 11.3 Å². The Hall–Kier alpha value is -3.71. The molecule has 0 bridgehead atoms. The summed E-state index contributed by atoms with van der Waals surface area (Å²) in [6.07, 6.45) is 2.83. The zero-order valence-corrected chi connectivity index (χ0v) is 31.2. The molecule has 0 saturated carbocycles. The zero-order valence-electron chi connectivity index (χ0n) is 27.9. The first-order valence-electron chi connectivity index (χ1n) is 14.9. The topological polar surface area (TPSA) is 204 Å². The SMILES string of the molecule is Cc1cc(N(c2nc3c(s2)CC(S(=O)(=O)O)C=C3)c2c(C)cc(C)c(S(=O)(=O)O)c2C)nc(Nc2c(C)cc(C)c(S(=O)(=O)O)c2C)c1C. The molecule has 0 fully saturated rings.